The Hall–Kier alpha value is -1.04. The molecular weight excluding hydrogens is 180 g/mol. The van der Waals surface area contributed by atoms with Gasteiger partial charge in [-0.2, -0.15) is 0 Å². The molecule has 0 fully saturated rings. The van der Waals surface area contributed by atoms with Gasteiger partial charge in [0.05, 0.1) is 0 Å². The van der Waals surface area contributed by atoms with Crippen molar-refractivity contribution in [2.45, 2.75) is 46.5 Å². The van der Waals surface area contributed by atoms with Crippen molar-refractivity contribution >= 4 is 0 Å². The highest BCUT2D eigenvalue weighted by Crippen LogP contribution is 2.22. The molecule has 1 unspecified atom stereocenters. The van der Waals surface area contributed by atoms with Gasteiger partial charge in [0.2, 0.25) is 0 Å². The highest BCUT2D eigenvalue weighted by molar-refractivity contribution is 5.29. The van der Waals surface area contributed by atoms with Gasteiger partial charge in [-0.1, -0.05) is 51.1 Å². The quantitative estimate of drug-likeness (QED) is 0.611. The predicted octanol–water partition coefficient (Wildman–Crippen LogP) is 4.95. The van der Waals surface area contributed by atoms with Crippen LogP contribution in [0.15, 0.2) is 36.9 Å². The summed E-state index contributed by atoms with van der Waals surface area (Å²) in [6.45, 7) is 12.0. The standard InChI is InChI=1S/C12H18.C3H6/c1-4-10(3)12-9-7-6-8-11(12)5-2;1-3-2/h6-10H,4-5H2,1-3H3;3H,1H2,2H3. The van der Waals surface area contributed by atoms with E-state index in [1.54, 1.807) is 6.08 Å². The van der Waals surface area contributed by atoms with Crippen molar-refractivity contribution in [3.05, 3.63) is 48.0 Å². The van der Waals surface area contributed by atoms with Gasteiger partial charge in [-0.25, -0.2) is 0 Å². The molecule has 0 N–H and O–H groups in total. The third-order valence-electron chi connectivity index (χ3n) is 2.58. The molecule has 0 saturated carbocycles. The third-order valence-corrected chi connectivity index (χ3v) is 2.58. The number of hydrogen-bond acceptors (Lipinski definition) is 0. The molecule has 84 valence electrons. The minimum atomic E-state index is 0.709. The second-order valence-electron chi connectivity index (χ2n) is 3.77. The molecule has 0 bridgehead atoms. The van der Waals surface area contributed by atoms with Crippen LogP contribution in [0.3, 0.4) is 0 Å². The first kappa shape index (κ1) is 14.0. The SMILES string of the molecule is C=CC.CCc1ccccc1C(C)CC. The minimum Gasteiger partial charge on any atom is -0.103 e. The average molecular weight is 204 g/mol. The molecule has 0 aliphatic carbocycles. The molecule has 0 aromatic heterocycles. The molecule has 0 radical (unpaired) electrons. The molecule has 0 aliphatic heterocycles. The van der Waals surface area contributed by atoms with E-state index in [4.69, 9.17) is 0 Å². The zero-order chi connectivity index (χ0) is 11.7. The maximum Gasteiger partial charge on any atom is -0.0190 e. The molecule has 0 saturated heterocycles. The maximum absolute atomic E-state index is 3.36. The van der Waals surface area contributed by atoms with Gasteiger partial charge in [0.25, 0.3) is 0 Å². The van der Waals surface area contributed by atoms with Crippen LogP contribution < -0.4 is 0 Å². The van der Waals surface area contributed by atoms with Gasteiger partial charge in [0.1, 0.15) is 0 Å². The Morgan fingerprint density at radius 2 is 1.80 bits per heavy atom. The molecule has 0 amide bonds. The maximum atomic E-state index is 3.36. The number of allylic oxidation sites excluding steroid dienone is 1. The molecule has 1 aromatic rings. The Morgan fingerprint density at radius 1 is 1.27 bits per heavy atom. The summed E-state index contributed by atoms with van der Waals surface area (Å²) in [7, 11) is 0. The van der Waals surface area contributed by atoms with Crippen molar-refractivity contribution in [2.24, 2.45) is 0 Å². The van der Waals surface area contributed by atoms with Crippen LogP contribution in [0, 0.1) is 0 Å². The van der Waals surface area contributed by atoms with Gasteiger partial charge in [0.15, 0.2) is 0 Å². The molecule has 1 rings (SSSR count). The van der Waals surface area contributed by atoms with Crippen LogP contribution in [-0.4, -0.2) is 0 Å². The van der Waals surface area contributed by atoms with Gasteiger partial charge in [0, 0.05) is 0 Å². The zero-order valence-corrected chi connectivity index (χ0v) is 10.6. The molecule has 0 aliphatic rings. The lowest BCUT2D eigenvalue weighted by Crippen LogP contribution is -1.96. The van der Waals surface area contributed by atoms with Crippen molar-refractivity contribution in [1.29, 1.82) is 0 Å². The number of hydrogen-bond donors (Lipinski definition) is 0. The summed E-state index contributed by atoms with van der Waals surface area (Å²) in [5, 5.41) is 0. The van der Waals surface area contributed by atoms with E-state index in [2.05, 4.69) is 51.6 Å². The fourth-order valence-electron chi connectivity index (χ4n) is 1.56. The van der Waals surface area contributed by atoms with E-state index in [-0.39, 0.29) is 0 Å². The Morgan fingerprint density at radius 3 is 2.27 bits per heavy atom. The summed E-state index contributed by atoms with van der Waals surface area (Å²) in [5.74, 6) is 0.709. The topological polar surface area (TPSA) is 0 Å². The van der Waals surface area contributed by atoms with Crippen LogP contribution in [0.5, 0.6) is 0 Å². The van der Waals surface area contributed by atoms with Crippen LogP contribution in [-0.2, 0) is 6.42 Å². The monoisotopic (exact) mass is 204 g/mol. The van der Waals surface area contributed by atoms with Crippen LogP contribution in [0.1, 0.15) is 51.2 Å². The summed E-state index contributed by atoms with van der Waals surface area (Å²) >= 11 is 0. The summed E-state index contributed by atoms with van der Waals surface area (Å²) in [6.07, 6.45) is 4.14. The first-order valence-corrected chi connectivity index (χ1v) is 5.85. The lowest BCUT2D eigenvalue weighted by Gasteiger charge is -2.13. The van der Waals surface area contributed by atoms with Gasteiger partial charge in [-0.15, -0.1) is 6.58 Å². The van der Waals surface area contributed by atoms with Crippen LogP contribution in [0.4, 0.5) is 0 Å². The first-order valence-electron chi connectivity index (χ1n) is 5.85. The average Bonchev–Trinajstić information content (AvgIpc) is 2.29. The molecule has 1 atom stereocenters. The minimum absolute atomic E-state index is 0.709. The second kappa shape index (κ2) is 8.28. The van der Waals surface area contributed by atoms with Gasteiger partial charge < -0.3 is 0 Å². The van der Waals surface area contributed by atoms with Crippen molar-refractivity contribution in [1.82, 2.24) is 0 Å². The van der Waals surface area contributed by atoms with Gasteiger partial charge in [-0.3, -0.25) is 0 Å². The third kappa shape index (κ3) is 4.83. The molecule has 1 aromatic carbocycles. The fraction of sp³-hybridized carbons (Fsp3) is 0.467. The van der Waals surface area contributed by atoms with Crippen LogP contribution >= 0.6 is 0 Å². The van der Waals surface area contributed by atoms with E-state index in [9.17, 15) is 0 Å². The van der Waals surface area contributed by atoms with E-state index in [1.165, 1.54) is 17.5 Å². The van der Waals surface area contributed by atoms with Crippen molar-refractivity contribution in [2.75, 3.05) is 0 Å². The summed E-state index contributed by atoms with van der Waals surface area (Å²) in [4.78, 5) is 0. The zero-order valence-electron chi connectivity index (χ0n) is 10.6. The lowest BCUT2D eigenvalue weighted by atomic mass is 9.93. The molecule has 0 heteroatoms. The van der Waals surface area contributed by atoms with Crippen LogP contribution in [0.25, 0.3) is 0 Å². The second-order valence-corrected chi connectivity index (χ2v) is 3.77. The fourth-order valence-corrected chi connectivity index (χ4v) is 1.56. The van der Waals surface area contributed by atoms with Crippen molar-refractivity contribution in [3.63, 3.8) is 0 Å². The number of aryl methyl sites for hydroxylation is 1. The molecule has 15 heavy (non-hydrogen) atoms. The Kier molecular flexibility index (Phi) is 7.71. The first-order chi connectivity index (χ1) is 7.21. The highest BCUT2D eigenvalue weighted by atomic mass is 14.1. The van der Waals surface area contributed by atoms with Crippen molar-refractivity contribution < 1.29 is 0 Å². The Bertz CT molecular complexity index is 273. The summed E-state index contributed by atoms with van der Waals surface area (Å²) in [6, 6.07) is 8.76. The lowest BCUT2D eigenvalue weighted by molar-refractivity contribution is 0.723. The van der Waals surface area contributed by atoms with E-state index in [0.717, 1.165) is 6.42 Å². The number of rotatable bonds is 3. The normalized spacial score (nSPS) is 11.2. The highest BCUT2D eigenvalue weighted by Gasteiger charge is 2.05. The van der Waals surface area contributed by atoms with Crippen molar-refractivity contribution in [3.8, 4) is 0 Å². The summed E-state index contributed by atoms with van der Waals surface area (Å²) in [5.41, 5.74) is 3.04. The Balaban J connectivity index is 0.000000583. The van der Waals surface area contributed by atoms with E-state index in [1.807, 2.05) is 6.92 Å². The van der Waals surface area contributed by atoms with Gasteiger partial charge in [-0.05, 0) is 36.8 Å². The smallest absolute Gasteiger partial charge is 0.0190 e. The number of benzene rings is 1. The largest absolute Gasteiger partial charge is 0.103 e. The predicted molar refractivity (Wildman–Crippen MR) is 70.4 cm³/mol. The summed E-state index contributed by atoms with van der Waals surface area (Å²) < 4.78 is 0. The van der Waals surface area contributed by atoms with Crippen LogP contribution in [0.2, 0.25) is 0 Å². The van der Waals surface area contributed by atoms with Gasteiger partial charge >= 0.3 is 0 Å². The van der Waals surface area contributed by atoms with E-state index >= 15 is 0 Å². The Labute approximate surface area is 95.0 Å². The molecular formula is C15H24. The van der Waals surface area contributed by atoms with E-state index < -0.39 is 0 Å². The van der Waals surface area contributed by atoms with E-state index in [0.29, 0.717) is 5.92 Å². The molecule has 0 heterocycles. The molecule has 0 nitrogen and oxygen atoms in total. The molecule has 0 spiro atoms.